The number of hydrogen-bond acceptors (Lipinski definition) is 4. The molecule has 2 heterocycles. The van der Waals surface area contributed by atoms with Crippen molar-refractivity contribution in [3.8, 4) is 28.3 Å². The third-order valence-corrected chi connectivity index (χ3v) is 4.51. The summed E-state index contributed by atoms with van der Waals surface area (Å²) in [6.45, 7) is 3.88. The molecule has 0 aliphatic heterocycles. The number of benzene rings is 2. The number of aromatic carboxylic acids is 1. The highest BCUT2D eigenvalue weighted by Crippen LogP contribution is 2.38. The van der Waals surface area contributed by atoms with E-state index in [9.17, 15) is 9.90 Å². The van der Waals surface area contributed by atoms with Crippen molar-refractivity contribution in [2.24, 2.45) is 0 Å². The Morgan fingerprint density at radius 1 is 1.00 bits per heavy atom. The predicted molar refractivity (Wildman–Crippen MR) is 101 cm³/mol. The normalized spacial score (nSPS) is 10.9. The van der Waals surface area contributed by atoms with Crippen molar-refractivity contribution < 1.29 is 14.3 Å². The zero-order chi connectivity index (χ0) is 19.0. The van der Waals surface area contributed by atoms with Crippen molar-refractivity contribution in [2.45, 2.75) is 13.8 Å². The average molecular weight is 357 g/mol. The summed E-state index contributed by atoms with van der Waals surface area (Å²) in [5, 5.41) is 16.3. The minimum absolute atomic E-state index is 0.122. The van der Waals surface area contributed by atoms with Crippen molar-refractivity contribution in [2.75, 3.05) is 0 Å². The van der Waals surface area contributed by atoms with E-state index in [0.29, 0.717) is 28.3 Å². The number of hydrogen-bond donors (Lipinski definition) is 0. The van der Waals surface area contributed by atoms with Gasteiger partial charge in [-0.3, -0.25) is 0 Å². The maximum absolute atomic E-state index is 11.7. The van der Waals surface area contributed by atoms with Crippen LogP contribution >= 0.6 is 0 Å². The number of carbonyl (C=O) groups is 1. The monoisotopic (exact) mass is 357 g/mol. The number of carbonyl (C=O) groups excluding carboxylic acids is 1. The second-order valence-corrected chi connectivity index (χ2v) is 6.37. The molecule has 0 radical (unpaired) electrons. The van der Waals surface area contributed by atoms with Gasteiger partial charge in [0, 0.05) is 11.1 Å². The van der Waals surface area contributed by atoms with Crippen LogP contribution in [0.4, 0.5) is 0 Å². The van der Waals surface area contributed by atoms with Gasteiger partial charge in [0.1, 0.15) is 5.69 Å². The molecule has 0 saturated carbocycles. The number of rotatable bonds is 4. The highest BCUT2D eigenvalue weighted by atomic mass is 16.4. The molecule has 0 unspecified atom stereocenters. The Morgan fingerprint density at radius 3 is 2.41 bits per heavy atom. The predicted octanol–water partition coefficient (Wildman–Crippen LogP) is 3.78. The van der Waals surface area contributed by atoms with Crippen LogP contribution in [0.15, 0.2) is 71.3 Å². The lowest BCUT2D eigenvalue weighted by molar-refractivity contribution is -0.254. The number of furan rings is 1. The van der Waals surface area contributed by atoms with E-state index in [1.165, 1.54) is 0 Å². The van der Waals surface area contributed by atoms with Gasteiger partial charge in [-0.1, -0.05) is 42.0 Å². The second kappa shape index (κ2) is 6.61. The topological polar surface area (TPSA) is 71.1 Å². The van der Waals surface area contributed by atoms with E-state index in [1.54, 1.807) is 41.3 Å². The van der Waals surface area contributed by atoms with Crippen LogP contribution in [0.5, 0.6) is 0 Å². The highest BCUT2D eigenvalue weighted by molar-refractivity contribution is 5.97. The number of carboxylic acid groups (broad SMARTS) is 1. The van der Waals surface area contributed by atoms with Gasteiger partial charge in [0.15, 0.2) is 5.76 Å². The average Bonchev–Trinajstić information content (AvgIpc) is 3.30. The van der Waals surface area contributed by atoms with Gasteiger partial charge in [0.05, 0.1) is 23.6 Å². The lowest BCUT2D eigenvalue weighted by atomic mass is 9.97. The molecule has 0 N–H and O–H groups in total. The first kappa shape index (κ1) is 16.8. The van der Waals surface area contributed by atoms with Gasteiger partial charge in [0.2, 0.25) is 0 Å². The maximum atomic E-state index is 11.7. The van der Waals surface area contributed by atoms with Crippen LogP contribution in [-0.2, 0) is 0 Å². The maximum Gasteiger partial charge on any atom is 0.153 e. The summed E-state index contributed by atoms with van der Waals surface area (Å²) in [5.41, 5.74) is 4.81. The zero-order valence-electron chi connectivity index (χ0n) is 15.0. The number of aromatic nitrogens is 2. The van der Waals surface area contributed by atoms with E-state index in [1.807, 2.05) is 44.2 Å². The van der Waals surface area contributed by atoms with Crippen LogP contribution in [0.3, 0.4) is 0 Å². The van der Waals surface area contributed by atoms with Crippen LogP contribution in [0.25, 0.3) is 28.3 Å². The molecule has 2 aromatic heterocycles. The Balaban J connectivity index is 2.04. The molecule has 4 aromatic rings. The van der Waals surface area contributed by atoms with Gasteiger partial charge in [-0.05, 0) is 43.7 Å². The minimum Gasteiger partial charge on any atom is -0.545 e. The van der Waals surface area contributed by atoms with E-state index in [0.717, 1.165) is 11.3 Å². The Hall–Kier alpha value is -3.60. The van der Waals surface area contributed by atoms with Crippen LogP contribution in [-0.4, -0.2) is 15.7 Å². The first-order chi connectivity index (χ1) is 13.1. The van der Waals surface area contributed by atoms with Crippen LogP contribution < -0.4 is 5.11 Å². The summed E-state index contributed by atoms with van der Waals surface area (Å²) < 4.78 is 7.44. The zero-order valence-corrected chi connectivity index (χ0v) is 15.0. The van der Waals surface area contributed by atoms with E-state index < -0.39 is 5.97 Å². The third-order valence-electron chi connectivity index (χ3n) is 4.51. The Labute approximate surface area is 156 Å². The van der Waals surface area contributed by atoms with Gasteiger partial charge < -0.3 is 14.3 Å². The minimum atomic E-state index is -1.22. The van der Waals surface area contributed by atoms with Crippen LogP contribution in [0.2, 0.25) is 0 Å². The van der Waals surface area contributed by atoms with Crippen LogP contribution in [0.1, 0.15) is 21.6 Å². The molecule has 0 aliphatic rings. The van der Waals surface area contributed by atoms with Crippen molar-refractivity contribution in [3.63, 3.8) is 0 Å². The molecule has 134 valence electrons. The molecular weight excluding hydrogens is 340 g/mol. The first-order valence-electron chi connectivity index (χ1n) is 8.57. The second-order valence-electron chi connectivity index (χ2n) is 6.37. The number of aryl methyl sites for hydroxylation is 2. The molecule has 0 fully saturated rings. The summed E-state index contributed by atoms with van der Waals surface area (Å²) in [7, 11) is 0. The van der Waals surface area contributed by atoms with Gasteiger partial charge in [-0.15, -0.1) is 0 Å². The summed E-state index contributed by atoms with van der Waals surface area (Å²) in [6.07, 6.45) is 1.59. The lowest BCUT2D eigenvalue weighted by Crippen LogP contribution is -2.23. The Kier molecular flexibility index (Phi) is 4.12. The van der Waals surface area contributed by atoms with Gasteiger partial charge in [0.25, 0.3) is 0 Å². The van der Waals surface area contributed by atoms with Crippen molar-refractivity contribution in [1.29, 1.82) is 0 Å². The molecular formula is C22H17N2O3-. The molecule has 5 heteroatoms. The number of nitrogens with zero attached hydrogens (tertiary/aromatic N) is 2. The van der Waals surface area contributed by atoms with E-state index in [-0.39, 0.29) is 5.56 Å². The highest BCUT2D eigenvalue weighted by Gasteiger charge is 2.23. The number of carboxylic acids is 1. The van der Waals surface area contributed by atoms with Crippen LogP contribution in [0, 0.1) is 13.8 Å². The molecule has 27 heavy (non-hydrogen) atoms. The van der Waals surface area contributed by atoms with E-state index in [2.05, 4.69) is 5.10 Å². The fraction of sp³-hybridized carbons (Fsp3) is 0.0909. The van der Waals surface area contributed by atoms with Gasteiger partial charge in [-0.25, -0.2) is 4.68 Å². The molecule has 0 spiro atoms. The van der Waals surface area contributed by atoms with Crippen molar-refractivity contribution in [3.05, 3.63) is 83.7 Å². The summed E-state index contributed by atoms with van der Waals surface area (Å²) in [6, 6.07) is 18.4. The molecule has 4 rings (SSSR count). The fourth-order valence-corrected chi connectivity index (χ4v) is 3.24. The first-order valence-corrected chi connectivity index (χ1v) is 8.57. The molecule has 0 atom stereocenters. The Morgan fingerprint density at radius 2 is 1.74 bits per heavy atom. The summed E-state index contributed by atoms with van der Waals surface area (Å²) >= 11 is 0. The van der Waals surface area contributed by atoms with E-state index >= 15 is 0 Å². The smallest absolute Gasteiger partial charge is 0.153 e. The lowest BCUT2D eigenvalue weighted by Gasteiger charge is -2.12. The third kappa shape index (κ3) is 2.93. The quantitative estimate of drug-likeness (QED) is 0.557. The molecule has 0 saturated heterocycles. The SMILES string of the molecule is Cc1ccc(-n2nc(C)c(-c3ccccc3C(=O)[O-])c2-c2ccco2)cc1. The van der Waals surface area contributed by atoms with Gasteiger partial charge >= 0.3 is 0 Å². The molecule has 2 aromatic carbocycles. The molecule has 0 aliphatic carbocycles. The standard InChI is InChI=1S/C22H18N2O3/c1-14-9-11-16(12-10-14)24-21(19-8-5-13-27-19)20(15(2)23-24)17-6-3-4-7-18(17)22(25)26/h3-13H,1-2H3,(H,25,26)/p-1. The molecule has 0 amide bonds. The summed E-state index contributed by atoms with van der Waals surface area (Å²) in [4.78, 5) is 11.7. The molecule has 5 nitrogen and oxygen atoms in total. The largest absolute Gasteiger partial charge is 0.545 e. The summed E-state index contributed by atoms with van der Waals surface area (Å²) in [5.74, 6) is -0.613. The fourth-order valence-electron chi connectivity index (χ4n) is 3.24. The van der Waals surface area contributed by atoms with E-state index in [4.69, 9.17) is 4.42 Å². The van der Waals surface area contributed by atoms with Gasteiger partial charge in [-0.2, -0.15) is 5.10 Å². The Bertz CT molecular complexity index is 1110. The molecule has 0 bridgehead atoms. The van der Waals surface area contributed by atoms with Crippen molar-refractivity contribution in [1.82, 2.24) is 9.78 Å². The van der Waals surface area contributed by atoms with Crippen molar-refractivity contribution >= 4 is 5.97 Å².